The Bertz CT molecular complexity index is 1200. The molecule has 0 N–H and O–H groups in total. The number of para-hydroxylation sites is 1. The fourth-order valence-corrected chi connectivity index (χ4v) is 3.84. The van der Waals surface area contributed by atoms with Crippen LogP contribution in [0.4, 0.5) is 10.2 Å². The third-order valence-corrected chi connectivity index (χ3v) is 5.33. The molecule has 4 rings (SSSR count). The summed E-state index contributed by atoms with van der Waals surface area (Å²) in [5.41, 5.74) is 2.42. The fraction of sp³-hybridized carbons (Fsp3) is 0.320. The molecule has 2 aromatic carbocycles. The molecule has 0 bridgehead atoms. The molecule has 2 aromatic heterocycles. The van der Waals surface area contributed by atoms with Gasteiger partial charge in [-0.2, -0.15) is 10.1 Å². The first kappa shape index (κ1) is 21.7. The van der Waals surface area contributed by atoms with Crippen molar-refractivity contribution in [3.63, 3.8) is 0 Å². The second kappa shape index (κ2) is 9.34. The van der Waals surface area contributed by atoms with Crippen molar-refractivity contribution in [3.05, 3.63) is 65.7 Å². The van der Waals surface area contributed by atoms with E-state index in [2.05, 4.69) is 28.8 Å². The van der Waals surface area contributed by atoms with Crippen molar-refractivity contribution in [2.45, 2.75) is 40.5 Å². The predicted octanol–water partition coefficient (Wildman–Crippen LogP) is 5.99. The van der Waals surface area contributed by atoms with E-state index in [0.717, 1.165) is 48.3 Å². The molecule has 0 aliphatic rings. The van der Waals surface area contributed by atoms with Crippen LogP contribution in [0.3, 0.4) is 0 Å². The first-order valence-electron chi connectivity index (χ1n) is 11.0. The topological polar surface area (TPSA) is 56.1 Å². The number of anilines is 1. The number of fused-ring (bicyclic) bond motifs is 1. The number of hydrogen-bond donors (Lipinski definition) is 0. The van der Waals surface area contributed by atoms with E-state index in [9.17, 15) is 0 Å². The van der Waals surface area contributed by atoms with Crippen molar-refractivity contribution in [2.75, 3.05) is 18.0 Å². The minimum atomic E-state index is -0.464. The van der Waals surface area contributed by atoms with E-state index in [-0.39, 0.29) is 5.75 Å². The van der Waals surface area contributed by atoms with Crippen LogP contribution in [0.15, 0.2) is 48.8 Å². The Morgan fingerprint density at radius 2 is 1.72 bits per heavy atom. The summed E-state index contributed by atoms with van der Waals surface area (Å²) in [4.78, 5) is 11.6. The normalized spacial score (nSPS) is 11.2. The number of aromatic nitrogens is 4. The second-order valence-corrected chi connectivity index (χ2v) is 7.91. The minimum absolute atomic E-state index is 0.166. The summed E-state index contributed by atoms with van der Waals surface area (Å²) < 4.78 is 22.8. The number of benzene rings is 2. The van der Waals surface area contributed by atoms with Gasteiger partial charge >= 0.3 is 0 Å². The zero-order valence-electron chi connectivity index (χ0n) is 19.0. The molecule has 0 amide bonds. The molecule has 0 aliphatic carbocycles. The summed E-state index contributed by atoms with van der Waals surface area (Å²) in [7, 11) is 0. The maximum atomic E-state index is 15.2. The van der Waals surface area contributed by atoms with Gasteiger partial charge in [0.05, 0.1) is 5.52 Å². The third-order valence-electron chi connectivity index (χ3n) is 5.33. The molecule has 2 heterocycles. The highest BCUT2D eigenvalue weighted by Gasteiger charge is 2.19. The largest absolute Gasteiger partial charge is 0.454 e. The van der Waals surface area contributed by atoms with Gasteiger partial charge in [0.1, 0.15) is 11.6 Å². The van der Waals surface area contributed by atoms with Crippen LogP contribution < -0.4 is 9.64 Å². The lowest BCUT2D eigenvalue weighted by Crippen LogP contribution is -2.27. The van der Waals surface area contributed by atoms with Crippen molar-refractivity contribution in [1.82, 2.24) is 19.7 Å². The average Bonchev–Trinajstić information content (AvgIpc) is 3.31. The van der Waals surface area contributed by atoms with E-state index in [1.165, 1.54) is 6.07 Å². The zero-order chi connectivity index (χ0) is 22.7. The van der Waals surface area contributed by atoms with E-state index in [1.54, 1.807) is 23.1 Å². The second-order valence-electron chi connectivity index (χ2n) is 7.91. The molecule has 166 valence electrons. The molecule has 32 heavy (non-hydrogen) atoms. The molecule has 6 nitrogen and oxygen atoms in total. The highest BCUT2D eigenvalue weighted by Crippen LogP contribution is 2.35. The summed E-state index contributed by atoms with van der Waals surface area (Å²) in [6, 6.07) is 10.8. The van der Waals surface area contributed by atoms with Crippen LogP contribution in [0.5, 0.6) is 11.5 Å². The van der Waals surface area contributed by atoms with Crippen molar-refractivity contribution in [2.24, 2.45) is 0 Å². The molecule has 4 aromatic rings. The van der Waals surface area contributed by atoms with E-state index in [4.69, 9.17) is 9.72 Å². The number of aryl methyl sites for hydroxylation is 2. The van der Waals surface area contributed by atoms with E-state index < -0.39 is 5.82 Å². The smallest absolute Gasteiger partial charge is 0.253 e. The molecule has 0 fully saturated rings. The minimum Gasteiger partial charge on any atom is -0.454 e. The number of ether oxygens (including phenoxy) is 1. The molecule has 0 radical (unpaired) electrons. The van der Waals surface area contributed by atoms with E-state index >= 15 is 4.39 Å². The molecular weight excluding hydrogens is 405 g/mol. The molecule has 0 saturated heterocycles. The van der Waals surface area contributed by atoms with Gasteiger partial charge in [0.2, 0.25) is 0 Å². The Morgan fingerprint density at radius 3 is 2.34 bits per heavy atom. The number of nitrogens with zero attached hydrogens (tertiary/aromatic N) is 5. The number of rotatable bonds is 8. The summed E-state index contributed by atoms with van der Waals surface area (Å²) in [6.45, 7) is 9.85. The molecule has 0 atom stereocenters. The maximum Gasteiger partial charge on any atom is 0.253 e. The lowest BCUT2D eigenvalue weighted by atomic mass is 10.1. The van der Waals surface area contributed by atoms with Gasteiger partial charge in [-0.1, -0.05) is 32.0 Å². The van der Waals surface area contributed by atoms with Gasteiger partial charge in [0.25, 0.3) is 5.95 Å². The predicted molar refractivity (Wildman–Crippen MR) is 125 cm³/mol. The Balaban J connectivity index is 1.90. The van der Waals surface area contributed by atoms with Gasteiger partial charge in [-0.25, -0.2) is 14.1 Å². The Kier molecular flexibility index (Phi) is 6.35. The van der Waals surface area contributed by atoms with Crippen LogP contribution in [-0.2, 0) is 0 Å². The van der Waals surface area contributed by atoms with Gasteiger partial charge in [-0.05, 0) is 49.9 Å². The van der Waals surface area contributed by atoms with Crippen molar-refractivity contribution >= 4 is 16.7 Å². The van der Waals surface area contributed by atoms with E-state index in [0.29, 0.717) is 17.2 Å². The fourth-order valence-electron chi connectivity index (χ4n) is 3.84. The average molecular weight is 434 g/mol. The molecule has 0 aliphatic heterocycles. The van der Waals surface area contributed by atoms with Crippen LogP contribution in [0.2, 0.25) is 0 Å². The third kappa shape index (κ3) is 4.28. The standard InChI is InChI=1S/C25H28FN5O/c1-5-12-30(13-6-2)24-19-15-22(32-23-17(3)9-7-10-18(23)4)20(26)16-21(19)28-25(29-24)31-14-8-11-27-31/h7-11,14-16H,5-6,12-13H2,1-4H3. The lowest BCUT2D eigenvalue weighted by molar-refractivity contribution is 0.438. The molecule has 0 unspecified atom stereocenters. The molecule has 7 heteroatoms. The highest BCUT2D eigenvalue weighted by molar-refractivity contribution is 5.91. The van der Waals surface area contributed by atoms with Crippen molar-refractivity contribution in [1.29, 1.82) is 0 Å². The van der Waals surface area contributed by atoms with Crippen LogP contribution in [0, 0.1) is 19.7 Å². The molecule has 0 spiro atoms. The van der Waals surface area contributed by atoms with Gasteiger partial charge in [-0.3, -0.25) is 0 Å². The lowest BCUT2D eigenvalue weighted by Gasteiger charge is -2.24. The maximum absolute atomic E-state index is 15.2. The Hall–Kier alpha value is -3.48. The Labute approximate surface area is 187 Å². The van der Waals surface area contributed by atoms with Crippen molar-refractivity contribution < 1.29 is 9.13 Å². The summed E-state index contributed by atoms with van der Waals surface area (Å²) in [5.74, 6) is 1.54. The first-order valence-corrected chi connectivity index (χ1v) is 11.0. The van der Waals surface area contributed by atoms with Crippen LogP contribution in [0.25, 0.3) is 16.9 Å². The Morgan fingerprint density at radius 1 is 1.00 bits per heavy atom. The molecule has 0 saturated carbocycles. The van der Waals surface area contributed by atoms with Gasteiger partial charge in [0.15, 0.2) is 11.6 Å². The number of hydrogen-bond acceptors (Lipinski definition) is 5. The van der Waals surface area contributed by atoms with Crippen LogP contribution in [0.1, 0.15) is 37.8 Å². The van der Waals surface area contributed by atoms with E-state index in [1.807, 2.05) is 38.1 Å². The summed E-state index contributed by atoms with van der Waals surface area (Å²) >= 11 is 0. The summed E-state index contributed by atoms with van der Waals surface area (Å²) in [6.07, 6.45) is 5.39. The van der Waals surface area contributed by atoms with Gasteiger partial charge < -0.3 is 9.64 Å². The zero-order valence-corrected chi connectivity index (χ0v) is 19.0. The van der Waals surface area contributed by atoms with Crippen LogP contribution in [-0.4, -0.2) is 32.8 Å². The summed E-state index contributed by atoms with van der Waals surface area (Å²) in [5, 5.41) is 5.01. The quantitative estimate of drug-likeness (QED) is 0.342. The van der Waals surface area contributed by atoms with Crippen LogP contribution >= 0.6 is 0 Å². The monoisotopic (exact) mass is 433 g/mol. The van der Waals surface area contributed by atoms with Gasteiger partial charge in [-0.15, -0.1) is 0 Å². The molecular formula is C25H28FN5O. The van der Waals surface area contributed by atoms with Crippen molar-refractivity contribution in [3.8, 4) is 17.4 Å². The number of halogens is 1. The SMILES string of the molecule is CCCN(CCC)c1nc(-n2cccn2)nc2cc(F)c(Oc3c(C)cccc3C)cc12. The highest BCUT2D eigenvalue weighted by atomic mass is 19.1. The van der Waals surface area contributed by atoms with Gasteiger partial charge in [0, 0.05) is 36.9 Å². The first-order chi connectivity index (χ1) is 15.5.